The van der Waals surface area contributed by atoms with E-state index < -0.39 is 23.8 Å². The summed E-state index contributed by atoms with van der Waals surface area (Å²) in [6.45, 7) is 3.21. The second-order valence-electron chi connectivity index (χ2n) is 8.76. The minimum absolute atomic E-state index is 0.0972. The van der Waals surface area contributed by atoms with Crippen molar-refractivity contribution in [1.29, 1.82) is 0 Å². The average Bonchev–Trinajstić information content (AvgIpc) is 2.96. The highest BCUT2D eigenvalue weighted by Gasteiger charge is 2.17. The number of aliphatic carboxylic acids is 2. The van der Waals surface area contributed by atoms with Crippen LogP contribution in [0.15, 0.2) is 109 Å². The number of carboxylic acid groups (broad SMARTS) is 2. The van der Waals surface area contributed by atoms with Gasteiger partial charge in [0.2, 0.25) is 0 Å². The zero-order valence-electron chi connectivity index (χ0n) is 21.1. The molecule has 6 nitrogen and oxygen atoms in total. The van der Waals surface area contributed by atoms with Crippen molar-refractivity contribution >= 4 is 23.5 Å². The molecule has 0 aliphatic rings. The molecule has 0 saturated carbocycles. The summed E-state index contributed by atoms with van der Waals surface area (Å²) >= 11 is 0. The summed E-state index contributed by atoms with van der Waals surface area (Å²) in [5.41, 5.74) is 3.49. The Balaban J connectivity index is 0.000000211. The van der Waals surface area contributed by atoms with Crippen molar-refractivity contribution in [2.75, 3.05) is 0 Å². The molecular weight excluding hydrogens is 480 g/mol. The lowest BCUT2D eigenvalue weighted by Crippen LogP contribution is -2.09. The van der Waals surface area contributed by atoms with Crippen molar-refractivity contribution < 1.29 is 29.4 Å². The van der Waals surface area contributed by atoms with E-state index in [0.29, 0.717) is 33.4 Å². The van der Waals surface area contributed by atoms with Gasteiger partial charge in [-0.2, -0.15) is 0 Å². The lowest BCUT2D eigenvalue weighted by molar-refractivity contribution is -0.139. The number of benzene rings is 4. The van der Waals surface area contributed by atoms with Crippen molar-refractivity contribution in [1.82, 2.24) is 0 Å². The van der Waals surface area contributed by atoms with Gasteiger partial charge in [0, 0.05) is 22.3 Å². The maximum atomic E-state index is 12.2. The van der Waals surface area contributed by atoms with Crippen LogP contribution in [0.5, 0.6) is 0 Å². The number of ketones is 2. The minimum atomic E-state index is -0.899. The quantitative estimate of drug-likeness (QED) is 0.274. The molecule has 2 N–H and O–H groups in total. The molecule has 0 bridgehead atoms. The Bertz CT molecular complexity index is 1320. The van der Waals surface area contributed by atoms with E-state index in [1.54, 1.807) is 111 Å². The molecule has 0 aromatic heterocycles. The van der Waals surface area contributed by atoms with E-state index in [1.807, 2.05) is 12.1 Å². The molecule has 192 valence electrons. The van der Waals surface area contributed by atoms with Gasteiger partial charge < -0.3 is 10.2 Å². The first-order valence-corrected chi connectivity index (χ1v) is 12.0. The maximum absolute atomic E-state index is 12.2. The smallest absolute Gasteiger partial charge is 0.310 e. The molecule has 0 fully saturated rings. The normalized spacial score (nSPS) is 11.8. The van der Waals surface area contributed by atoms with Crippen LogP contribution in [0.25, 0.3) is 0 Å². The van der Waals surface area contributed by atoms with Gasteiger partial charge in [-0.3, -0.25) is 19.2 Å². The van der Waals surface area contributed by atoms with E-state index in [4.69, 9.17) is 10.2 Å². The summed E-state index contributed by atoms with van der Waals surface area (Å²) in [6.07, 6.45) is 0. The van der Waals surface area contributed by atoms with Gasteiger partial charge in [-0.05, 0) is 37.1 Å². The summed E-state index contributed by atoms with van der Waals surface area (Å²) in [7, 11) is 0. The summed E-state index contributed by atoms with van der Waals surface area (Å²) in [6, 6.07) is 31.5. The molecule has 0 aliphatic carbocycles. The second-order valence-corrected chi connectivity index (χ2v) is 8.76. The molecule has 0 radical (unpaired) electrons. The zero-order valence-corrected chi connectivity index (χ0v) is 21.1. The van der Waals surface area contributed by atoms with Crippen LogP contribution in [0.2, 0.25) is 0 Å². The Morgan fingerprint density at radius 1 is 0.474 bits per heavy atom. The number of carboxylic acids is 2. The van der Waals surface area contributed by atoms with Gasteiger partial charge in [-0.25, -0.2) is 0 Å². The van der Waals surface area contributed by atoms with Gasteiger partial charge in [0.25, 0.3) is 0 Å². The van der Waals surface area contributed by atoms with Crippen LogP contribution in [0.3, 0.4) is 0 Å². The van der Waals surface area contributed by atoms with Crippen LogP contribution in [-0.4, -0.2) is 33.7 Å². The first-order valence-electron chi connectivity index (χ1n) is 12.0. The third kappa shape index (κ3) is 7.11. The number of rotatable bonds is 8. The van der Waals surface area contributed by atoms with Crippen LogP contribution in [0.4, 0.5) is 0 Å². The molecule has 2 atom stereocenters. The van der Waals surface area contributed by atoms with Crippen LogP contribution >= 0.6 is 0 Å². The van der Waals surface area contributed by atoms with Crippen molar-refractivity contribution in [3.05, 3.63) is 143 Å². The molecule has 38 heavy (non-hydrogen) atoms. The number of hydrogen-bond donors (Lipinski definition) is 2. The molecule has 0 heterocycles. The Labute approximate surface area is 221 Å². The molecule has 4 rings (SSSR count). The molecule has 6 heteroatoms. The fourth-order valence-electron chi connectivity index (χ4n) is 3.70. The summed E-state index contributed by atoms with van der Waals surface area (Å²) in [4.78, 5) is 46.4. The maximum Gasteiger partial charge on any atom is 0.310 e. The second kappa shape index (κ2) is 12.9. The van der Waals surface area contributed by atoms with Gasteiger partial charge in [0.1, 0.15) is 0 Å². The molecule has 0 aliphatic heterocycles. The van der Waals surface area contributed by atoms with E-state index in [0.717, 1.165) is 0 Å². The fraction of sp³-hybridized carbons (Fsp3) is 0.125. The van der Waals surface area contributed by atoms with Gasteiger partial charge in [0.15, 0.2) is 11.6 Å². The van der Waals surface area contributed by atoms with Gasteiger partial charge >= 0.3 is 11.9 Å². The van der Waals surface area contributed by atoms with E-state index in [-0.39, 0.29) is 11.6 Å². The van der Waals surface area contributed by atoms with Gasteiger partial charge in [0.05, 0.1) is 11.8 Å². The van der Waals surface area contributed by atoms with Gasteiger partial charge in [-0.1, -0.05) is 97.1 Å². The van der Waals surface area contributed by atoms with Crippen molar-refractivity contribution in [2.45, 2.75) is 25.7 Å². The standard InChI is InChI=1S/2C16H14O3/c2*1-11(16(18)19)13-8-5-9-14(10-13)15(17)12-6-3-2-4-7-12/h2*2-11H,1H3,(H,18,19). The van der Waals surface area contributed by atoms with Crippen molar-refractivity contribution in [2.24, 2.45) is 0 Å². The fourth-order valence-corrected chi connectivity index (χ4v) is 3.70. The number of carbonyl (C=O) groups is 4. The Kier molecular flexibility index (Phi) is 9.43. The first kappa shape index (κ1) is 27.7. The van der Waals surface area contributed by atoms with Crippen LogP contribution < -0.4 is 0 Å². The van der Waals surface area contributed by atoms with Gasteiger partial charge in [-0.15, -0.1) is 0 Å². The summed E-state index contributed by atoms with van der Waals surface area (Å²) < 4.78 is 0. The highest BCUT2D eigenvalue weighted by atomic mass is 16.4. The highest BCUT2D eigenvalue weighted by Crippen LogP contribution is 2.20. The average molecular weight is 509 g/mol. The Morgan fingerprint density at radius 3 is 1.11 bits per heavy atom. The molecular formula is C32H28O6. The van der Waals surface area contributed by atoms with E-state index in [1.165, 1.54) is 0 Å². The van der Waals surface area contributed by atoms with Crippen LogP contribution in [-0.2, 0) is 9.59 Å². The summed E-state index contributed by atoms with van der Waals surface area (Å²) in [5.74, 6) is -3.24. The zero-order chi connectivity index (χ0) is 27.7. The lowest BCUT2D eigenvalue weighted by Gasteiger charge is -2.08. The third-order valence-electron chi connectivity index (χ3n) is 6.11. The number of carbonyl (C=O) groups excluding carboxylic acids is 2. The SMILES string of the molecule is CC(C(=O)O)c1cccc(C(=O)c2ccccc2)c1.CC(C(=O)O)c1cccc(C(=O)c2ccccc2)c1. The Hall–Kier alpha value is -4.84. The molecule has 0 saturated heterocycles. The third-order valence-corrected chi connectivity index (χ3v) is 6.11. The topological polar surface area (TPSA) is 109 Å². The predicted molar refractivity (Wildman–Crippen MR) is 145 cm³/mol. The minimum Gasteiger partial charge on any atom is -0.481 e. The Morgan fingerprint density at radius 2 is 0.789 bits per heavy atom. The monoisotopic (exact) mass is 508 g/mol. The van der Waals surface area contributed by atoms with E-state index >= 15 is 0 Å². The molecule has 4 aromatic carbocycles. The lowest BCUT2D eigenvalue weighted by atomic mass is 9.96. The highest BCUT2D eigenvalue weighted by molar-refractivity contribution is 6.09. The van der Waals surface area contributed by atoms with E-state index in [9.17, 15) is 19.2 Å². The largest absolute Gasteiger partial charge is 0.481 e. The molecule has 0 amide bonds. The molecule has 2 unspecified atom stereocenters. The molecule has 0 spiro atoms. The first-order chi connectivity index (χ1) is 18.2. The van der Waals surface area contributed by atoms with Crippen LogP contribution in [0, 0.1) is 0 Å². The number of hydrogen-bond acceptors (Lipinski definition) is 4. The van der Waals surface area contributed by atoms with Crippen molar-refractivity contribution in [3.63, 3.8) is 0 Å². The molecule has 4 aromatic rings. The van der Waals surface area contributed by atoms with Crippen molar-refractivity contribution in [3.8, 4) is 0 Å². The van der Waals surface area contributed by atoms with Crippen LogP contribution in [0.1, 0.15) is 68.7 Å². The summed E-state index contributed by atoms with van der Waals surface area (Å²) in [5, 5.41) is 18.0. The predicted octanol–water partition coefficient (Wildman–Crippen LogP) is 6.21. The van der Waals surface area contributed by atoms with E-state index in [2.05, 4.69) is 0 Å².